The number of methoxy groups -OCH3 is 1. The lowest BCUT2D eigenvalue weighted by Gasteiger charge is -2.08. The number of hydrogen-bond acceptors (Lipinski definition) is 7. The molecule has 4 aromatic rings. The number of esters is 1. The van der Waals surface area contributed by atoms with Crippen molar-refractivity contribution in [3.8, 4) is 23.0 Å². The zero-order valence-corrected chi connectivity index (χ0v) is 15.3. The van der Waals surface area contributed by atoms with Crippen molar-refractivity contribution in [2.24, 2.45) is 0 Å². The molecule has 29 heavy (non-hydrogen) atoms. The lowest BCUT2D eigenvalue weighted by molar-refractivity contribution is 0.0734. The van der Waals surface area contributed by atoms with Crippen molar-refractivity contribution in [2.75, 3.05) is 7.11 Å². The number of rotatable bonds is 5. The van der Waals surface area contributed by atoms with Crippen LogP contribution in [0.4, 0.5) is 0 Å². The van der Waals surface area contributed by atoms with E-state index >= 15 is 0 Å². The summed E-state index contributed by atoms with van der Waals surface area (Å²) in [7, 11) is 1.54. The summed E-state index contributed by atoms with van der Waals surface area (Å²) in [6.07, 6.45) is 4.19. The number of fused-ring (bicyclic) bond motifs is 1. The monoisotopic (exact) mass is 389 g/mol. The molecule has 0 aliphatic rings. The fraction of sp³-hybridized carbons (Fsp3) is 0.0455. The Morgan fingerprint density at radius 1 is 1.00 bits per heavy atom. The van der Waals surface area contributed by atoms with Crippen LogP contribution in [0.2, 0.25) is 0 Å². The van der Waals surface area contributed by atoms with E-state index in [1.54, 1.807) is 49.7 Å². The molecule has 144 valence electrons. The van der Waals surface area contributed by atoms with Gasteiger partial charge in [-0.25, -0.2) is 4.79 Å². The molecule has 0 radical (unpaired) electrons. The fourth-order valence-corrected chi connectivity index (χ4v) is 2.67. The number of carbonyl (C=O) groups is 1. The van der Waals surface area contributed by atoms with E-state index in [9.17, 15) is 9.59 Å². The van der Waals surface area contributed by atoms with Crippen LogP contribution in [-0.2, 0) is 0 Å². The maximum absolute atomic E-state index is 12.7. The van der Waals surface area contributed by atoms with Crippen molar-refractivity contribution in [3.05, 3.63) is 89.0 Å². The average molecular weight is 389 g/mol. The van der Waals surface area contributed by atoms with Crippen molar-refractivity contribution < 1.29 is 23.4 Å². The van der Waals surface area contributed by atoms with Crippen LogP contribution in [0.1, 0.15) is 10.4 Å². The minimum Gasteiger partial charge on any atom is -0.497 e. The normalized spacial score (nSPS) is 10.5. The Kier molecular flexibility index (Phi) is 4.94. The van der Waals surface area contributed by atoms with Gasteiger partial charge >= 0.3 is 5.97 Å². The van der Waals surface area contributed by atoms with Crippen LogP contribution >= 0.6 is 0 Å². The van der Waals surface area contributed by atoms with Crippen molar-refractivity contribution >= 4 is 16.9 Å². The topological polar surface area (TPSA) is 87.9 Å². The molecule has 0 N–H and O–H groups in total. The smallest absolute Gasteiger partial charge is 0.345 e. The van der Waals surface area contributed by atoms with Crippen LogP contribution < -0.4 is 19.6 Å². The summed E-state index contributed by atoms with van der Waals surface area (Å²) in [5.41, 5.74) is 0.236. The quantitative estimate of drug-likeness (QED) is 0.373. The van der Waals surface area contributed by atoms with Crippen molar-refractivity contribution in [3.63, 3.8) is 0 Å². The van der Waals surface area contributed by atoms with E-state index in [1.165, 1.54) is 30.7 Å². The molecule has 2 aromatic heterocycles. The van der Waals surface area contributed by atoms with E-state index in [0.717, 1.165) is 0 Å². The van der Waals surface area contributed by atoms with E-state index in [2.05, 4.69) is 4.98 Å². The molecule has 2 heterocycles. The number of hydrogen-bond donors (Lipinski definition) is 0. The molecule has 0 bridgehead atoms. The average Bonchev–Trinajstić information content (AvgIpc) is 2.76. The molecule has 0 spiro atoms. The molecular weight excluding hydrogens is 374 g/mol. The Hall–Kier alpha value is -4.13. The van der Waals surface area contributed by atoms with Gasteiger partial charge in [-0.2, -0.15) is 0 Å². The van der Waals surface area contributed by atoms with Crippen molar-refractivity contribution in [1.82, 2.24) is 4.98 Å². The van der Waals surface area contributed by atoms with Gasteiger partial charge in [0.15, 0.2) is 0 Å². The van der Waals surface area contributed by atoms with Gasteiger partial charge in [-0.15, -0.1) is 0 Å². The number of aromatic nitrogens is 1. The van der Waals surface area contributed by atoms with Crippen molar-refractivity contribution in [2.45, 2.75) is 0 Å². The molecule has 7 heteroatoms. The van der Waals surface area contributed by atoms with E-state index in [0.29, 0.717) is 22.4 Å². The summed E-state index contributed by atoms with van der Waals surface area (Å²) in [6, 6.07) is 14.6. The molecule has 0 fully saturated rings. The first kappa shape index (κ1) is 18.2. The van der Waals surface area contributed by atoms with Gasteiger partial charge in [0.05, 0.1) is 18.1 Å². The first-order valence-electron chi connectivity index (χ1n) is 8.64. The Bertz CT molecular complexity index is 1230. The maximum atomic E-state index is 12.7. The van der Waals surface area contributed by atoms with E-state index < -0.39 is 5.97 Å². The number of benzene rings is 2. The molecule has 0 saturated heterocycles. The predicted molar refractivity (Wildman–Crippen MR) is 105 cm³/mol. The highest BCUT2D eigenvalue weighted by molar-refractivity contribution is 5.91. The third-order valence-corrected chi connectivity index (χ3v) is 4.09. The summed E-state index contributed by atoms with van der Waals surface area (Å²) in [6.45, 7) is 0. The van der Waals surface area contributed by atoms with Crippen molar-refractivity contribution in [1.29, 1.82) is 0 Å². The van der Waals surface area contributed by atoms with Gasteiger partial charge in [0.1, 0.15) is 29.1 Å². The molecule has 4 rings (SSSR count). The highest BCUT2D eigenvalue weighted by Crippen LogP contribution is 2.26. The lowest BCUT2D eigenvalue weighted by atomic mass is 10.2. The SMILES string of the molecule is COc1cccc(Oc2coc3cc(OC(=O)c4cccnc4)ccc3c2=O)c1. The largest absolute Gasteiger partial charge is 0.497 e. The van der Waals surface area contributed by atoms with Crippen LogP contribution in [0.15, 0.2) is 82.5 Å². The summed E-state index contributed by atoms with van der Waals surface area (Å²) in [5.74, 6) is 0.769. The maximum Gasteiger partial charge on any atom is 0.345 e. The molecule has 0 amide bonds. The Balaban J connectivity index is 1.60. The number of carbonyl (C=O) groups excluding carboxylic acids is 1. The molecule has 2 aromatic carbocycles. The molecule has 0 saturated carbocycles. The second kappa shape index (κ2) is 7.85. The fourth-order valence-electron chi connectivity index (χ4n) is 2.67. The molecule has 7 nitrogen and oxygen atoms in total. The van der Waals surface area contributed by atoms with Crippen LogP contribution in [0.3, 0.4) is 0 Å². The molecule has 0 unspecified atom stereocenters. The van der Waals surface area contributed by atoms with Gasteiger partial charge in [-0.1, -0.05) is 6.07 Å². The summed E-state index contributed by atoms with van der Waals surface area (Å²) < 4.78 is 21.6. The zero-order valence-electron chi connectivity index (χ0n) is 15.3. The van der Waals surface area contributed by atoms with Gasteiger partial charge < -0.3 is 18.6 Å². The van der Waals surface area contributed by atoms with Crippen LogP contribution in [0.5, 0.6) is 23.0 Å². The highest BCUT2D eigenvalue weighted by Gasteiger charge is 2.13. The van der Waals surface area contributed by atoms with Crippen LogP contribution in [0, 0.1) is 0 Å². The van der Waals surface area contributed by atoms with Gasteiger partial charge in [0, 0.05) is 24.5 Å². The minimum absolute atomic E-state index is 0.0332. The third-order valence-electron chi connectivity index (χ3n) is 4.09. The summed E-state index contributed by atoms with van der Waals surface area (Å²) in [5, 5.41) is 0.298. The van der Waals surface area contributed by atoms with E-state index in [-0.39, 0.29) is 22.5 Å². The zero-order chi connectivity index (χ0) is 20.2. The van der Waals surface area contributed by atoms with Gasteiger partial charge in [-0.05, 0) is 36.4 Å². The van der Waals surface area contributed by atoms with E-state index in [1.807, 2.05) is 0 Å². The number of pyridine rings is 1. The first-order chi connectivity index (χ1) is 14.1. The minimum atomic E-state index is -0.558. The van der Waals surface area contributed by atoms with E-state index in [4.69, 9.17) is 18.6 Å². The van der Waals surface area contributed by atoms with Crippen LogP contribution in [0.25, 0.3) is 11.0 Å². The Labute approximate surface area is 165 Å². The standard InChI is InChI=1S/C22H15NO6/c1-26-15-5-2-6-16(10-15)28-20-13-27-19-11-17(7-8-18(19)21(20)24)29-22(25)14-4-3-9-23-12-14/h2-13H,1H3. The molecule has 0 aliphatic carbocycles. The number of nitrogens with zero attached hydrogens (tertiary/aromatic N) is 1. The molecular formula is C22H15NO6. The Morgan fingerprint density at radius 2 is 1.86 bits per heavy atom. The molecule has 0 atom stereocenters. The summed E-state index contributed by atoms with van der Waals surface area (Å²) in [4.78, 5) is 28.7. The number of ether oxygens (including phenoxy) is 3. The van der Waals surface area contributed by atoms with Gasteiger partial charge in [0.2, 0.25) is 11.2 Å². The second-order valence-corrected chi connectivity index (χ2v) is 6.00. The second-order valence-electron chi connectivity index (χ2n) is 6.00. The third kappa shape index (κ3) is 3.93. The summed E-state index contributed by atoms with van der Waals surface area (Å²) >= 11 is 0. The lowest BCUT2D eigenvalue weighted by Crippen LogP contribution is -2.09. The molecule has 0 aliphatic heterocycles. The van der Waals surface area contributed by atoms with Gasteiger partial charge in [-0.3, -0.25) is 9.78 Å². The van der Waals surface area contributed by atoms with Crippen LogP contribution in [-0.4, -0.2) is 18.1 Å². The highest BCUT2D eigenvalue weighted by atomic mass is 16.5. The Morgan fingerprint density at radius 3 is 2.66 bits per heavy atom. The van der Waals surface area contributed by atoms with Gasteiger partial charge in [0.25, 0.3) is 0 Å². The first-order valence-corrected chi connectivity index (χ1v) is 8.64. The predicted octanol–water partition coefficient (Wildman–Crippen LogP) is 4.21.